The van der Waals surface area contributed by atoms with Gasteiger partial charge in [0.1, 0.15) is 23.1 Å². The predicted molar refractivity (Wildman–Crippen MR) is 74.9 cm³/mol. The molecule has 0 aliphatic carbocycles. The zero-order valence-electron chi connectivity index (χ0n) is 11.6. The molecule has 0 bridgehead atoms. The van der Waals surface area contributed by atoms with Gasteiger partial charge in [0.25, 0.3) is 0 Å². The molecule has 0 aliphatic rings. The summed E-state index contributed by atoms with van der Waals surface area (Å²) < 4.78 is 15.5. The van der Waals surface area contributed by atoms with Crippen LogP contribution in [0.25, 0.3) is 11.0 Å². The Morgan fingerprint density at radius 3 is 2.62 bits per heavy atom. The van der Waals surface area contributed by atoms with Crippen LogP contribution < -0.4 is 20.8 Å². The van der Waals surface area contributed by atoms with Crippen LogP contribution in [0, 0.1) is 0 Å². The number of fused-ring (bicyclic) bond motifs is 1. The molecule has 21 heavy (non-hydrogen) atoms. The van der Waals surface area contributed by atoms with Crippen LogP contribution >= 0.6 is 0 Å². The van der Waals surface area contributed by atoms with Crippen molar-refractivity contribution in [3.05, 3.63) is 34.2 Å². The third-order valence-electron chi connectivity index (χ3n) is 3.08. The number of methoxy groups -OCH3 is 2. The van der Waals surface area contributed by atoms with Crippen molar-refractivity contribution in [3.63, 3.8) is 0 Å². The summed E-state index contributed by atoms with van der Waals surface area (Å²) in [5.41, 5.74) is 5.66. The van der Waals surface area contributed by atoms with E-state index in [1.165, 1.54) is 26.4 Å². The monoisotopic (exact) mass is 293 g/mol. The first-order chi connectivity index (χ1) is 9.96. The number of carbonyl (C=O) groups is 1. The summed E-state index contributed by atoms with van der Waals surface area (Å²) in [7, 11) is 2.93. The molecule has 0 unspecified atom stereocenters. The van der Waals surface area contributed by atoms with Crippen molar-refractivity contribution in [2.24, 2.45) is 5.73 Å². The van der Waals surface area contributed by atoms with E-state index in [9.17, 15) is 9.59 Å². The molecule has 0 aliphatic heterocycles. The van der Waals surface area contributed by atoms with Gasteiger partial charge in [-0.15, -0.1) is 0 Å². The van der Waals surface area contributed by atoms with Gasteiger partial charge in [0.2, 0.25) is 0 Å². The number of carboxylic acids is 1. The fourth-order valence-corrected chi connectivity index (χ4v) is 2.08. The molecular formula is C14H15NO6. The van der Waals surface area contributed by atoms with Crippen molar-refractivity contribution in [3.8, 4) is 11.5 Å². The van der Waals surface area contributed by atoms with Gasteiger partial charge >= 0.3 is 11.6 Å². The van der Waals surface area contributed by atoms with Crippen molar-refractivity contribution in [1.82, 2.24) is 0 Å². The van der Waals surface area contributed by atoms with Crippen LogP contribution in [-0.2, 0) is 11.2 Å². The number of hydrogen-bond donors (Lipinski definition) is 2. The zero-order valence-corrected chi connectivity index (χ0v) is 11.6. The smallest absolute Gasteiger partial charge is 0.336 e. The van der Waals surface area contributed by atoms with Gasteiger partial charge in [-0.05, 0) is 12.0 Å². The lowest BCUT2D eigenvalue weighted by Crippen LogP contribution is -2.32. The highest BCUT2D eigenvalue weighted by Gasteiger charge is 2.18. The number of carboxylic acid groups (broad SMARTS) is 1. The fraction of sp³-hybridized carbons (Fsp3) is 0.286. The SMILES string of the molecule is COc1cc(OC)c2c(C[C@H](N)C(=O)O)cc(=O)oc2c1. The molecule has 0 amide bonds. The minimum atomic E-state index is -1.15. The summed E-state index contributed by atoms with van der Waals surface area (Å²) in [5.74, 6) is -0.272. The highest BCUT2D eigenvalue weighted by Crippen LogP contribution is 2.33. The number of nitrogens with two attached hydrogens (primary N) is 1. The second-order valence-corrected chi connectivity index (χ2v) is 4.44. The molecule has 7 nitrogen and oxygen atoms in total. The van der Waals surface area contributed by atoms with Crippen molar-refractivity contribution in [2.75, 3.05) is 14.2 Å². The molecule has 0 spiro atoms. The van der Waals surface area contributed by atoms with Crippen molar-refractivity contribution >= 4 is 16.9 Å². The molecule has 1 heterocycles. The second-order valence-electron chi connectivity index (χ2n) is 4.44. The number of aliphatic carboxylic acids is 1. The maximum absolute atomic E-state index is 11.6. The van der Waals surface area contributed by atoms with Crippen LogP contribution in [0.2, 0.25) is 0 Å². The van der Waals surface area contributed by atoms with E-state index in [0.29, 0.717) is 22.4 Å². The van der Waals surface area contributed by atoms with Gasteiger partial charge in [-0.25, -0.2) is 4.79 Å². The van der Waals surface area contributed by atoms with Gasteiger partial charge in [-0.2, -0.15) is 0 Å². The number of benzene rings is 1. The topological polar surface area (TPSA) is 112 Å². The van der Waals surface area contributed by atoms with Crippen LogP contribution in [0.4, 0.5) is 0 Å². The molecule has 3 N–H and O–H groups in total. The van der Waals surface area contributed by atoms with Crippen LogP contribution in [0.15, 0.2) is 27.4 Å². The molecule has 1 aromatic carbocycles. The standard InChI is InChI=1S/C14H15NO6/c1-19-8-5-10(20-2)13-7(3-9(15)14(17)18)4-12(16)21-11(13)6-8/h4-6,9H,3,15H2,1-2H3,(H,17,18)/t9-/m0/s1. The summed E-state index contributed by atoms with van der Waals surface area (Å²) in [4.78, 5) is 22.5. The Balaban J connectivity index is 2.69. The average Bonchev–Trinajstić information content (AvgIpc) is 2.45. The largest absolute Gasteiger partial charge is 0.496 e. The Morgan fingerprint density at radius 2 is 2.05 bits per heavy atom. The maximum atomic E-state index is 11.6. The lowest BCUT2D eigenvalue weighted by Gasteiger charge is -2.13. The van der Waals surface area contributed by atoms with E-state index in [2.05, 4.69) is 0 Å². The van der Waals surface area contributed by atoms with E-state index < -0.39 is 17.6 Å². The number of hydrogen-bond acceptors (Lipinski definition) is 6. The van der Waals surface area contributed by atoms with Gasteiger partial charge in [0.05, 0.1) is 19.6 Å². The summed E-state index contributed by atoms with van der Waals surface area (Å²) >= 11 is 0. The maximum Gasteiger partial charge on any atom is 0.336 e. The van der Waals surface area contributed by atoms with E-state index in [0.717, 1.165) is 0 Å². The minimum Gasteiger partial charge on any atom is -0.496 e. The van der Waals surface area contributed by atoms with E-state index in [1.807, 2.05) is 0 Å². The van der Waals surface area contributed by atoms with E-state index in [-0.39, 0.29) is 12.0 Å². The van der Waals surface area contributed by atoms with Gasteiger partial charge < -0.3 is 24.7 Å². The van der Waals surface area contributed by atoms with Crippen LogP contribution in [0.3, 0.4) is 0 Å². The summed E-state index contributed by atoms with van der Waals surface area (Å²) in [5, 5.41) is 9.42. The van der Waals surface area contributed by atoms with Crippen molar-refractivity contribution in [1.29, 1.82) is 0 Å². The Labute approximate surface area is 119 Å². The van der Waals surface area contributed by atoms with E-state index >= 15 is 0 Å². The molecule has 0 fully saturated rings. The third kappa shape index (κ3) is 2.97. The molecule has 2 rings (SSSR count). The molecule has 112 valence electrons. The minimum absolute atomic E-state index is 0.0138. The normalized spacial score (nSPS) is 12.1. The lowest BCUT2D eigenvalue weighted by molar-refractivity contribution is -0.138. The third-order valence-corrected chi connectivity index (χ3v) is 3.08. The first-order valence-electron chi connectivity index (χ1n) is 6.13. The van der Waals surface area contributed by atoms with Crippen LogP contribution in [0.1, 0.15) is 5.56 Å². The Morgan fingerprint density at radius 1 is 1.33 bits per heavy atom. The molecular weight excluding hydrogens is 278 g/mol. The van der Waals surface area contributed by atoms with Gasteiger partial charge in [-0.3, -0.25) is 4.79 Å². The van der Waals surface area contributed by atoms with E-state index in [1.54, 1.807) is 6.07 Å². The molecule has 0 saturated carbocycles. The number of ether oxygens (including phenoxy) is 2. The van der Waals surface area contributed by atoms with Gasteiger partial charge in [0.15, 0.2) is 0 Å². The molecule has 0 saturated heterocycles. The lowest BCUT2D eigenvalue weighted by atomic mass is 10.0. The van der Waals surface area contributed by atoms with Crippen LogP contribution in [-0.4, -0.2) is 31.3 Å². The molecule has 1 atom stereocenters. The van der Waals surface area contributed by atoms with E-state index in [4.69, 9.17) is 24.7 Å². The molecule has 7 heteroatoms. The summed E-state index contributed by atoms with van der Waals surface area (Å²) in [6.45, 7) is 0. The Bertz CT molecular complexity index is 736. The Hall–Kier alpha value is -2.54. The average molecular weight is 293 g/mol. The number of rotatable bonds is 5. The van der Waals surface area contributed by atoms with Gasteiger partial charge in [-0.1, -0.05) is 0 Å². The Kier molecular flexibility index (Phi) is 4.13. The van der Waals surface area contributed by atoms with Gasteiger partial charge in [0, 0.05) is 18.2 Å². The predicted octanol–water partition coefficient (Wildman–Crippen LogP) is 0.765. The molecule has 0 radical (unpaired) electrons. The van der Waals surface area contributed by atoms with Crippen molar-refractivity contribution < 1.29 is 23.8 Å². The van der Waals surface area contributed by atoms with Crippen molar-refractivity contribution in [2.45, 2.75) is 12.5 Å². The summed E-state index contributed by atoms with van der Waals surface area (Å²) in [6.07, 6.45) is -0.0138. The fourth-order valence-electron chi connectivity index (χ4n) is 2.08. The summed E-state index contributed by atoms with van der Waals surface area (Å²) in [6, 6.07) is 3.26. The first-order valence-corrected chi connectivity index (χ1v) is 6.13. The van der Waals surface area contributed by atoms with Crippen LogP contribution in [0.5, 0.6) is 11.5 Å². The highest BCUT2D eigenvalue weighted by atomic mass is 16.5. The highest BCUT2D eigenvalue weighted by molar-refractivity contribution is 5.89. The molecule has 2 aromatic rings. The molecule has 1 aromatic heterocycles. The second kappa shape index (κ2) is 5.84. The quantitative estimate of drug-likeness (QED) is 0.783. The zero-order chi connectivity index (χ0) is 15.6. The first kappa shape index (κ1) is 14.9.